The van der Waals surface area contributed by atoms with Crippen molar-refractivity contribution < 1.29 is 19.8 Å². The maximum atomic E-state index is 12.5. The molecule has 3 N–H and O–H groups in total. The standard InChI is InChI=1S/C22H24ClN3O5/c1-25-19-8-6-15(12-18(19)24-21(25)29)20(28)4-2-3-10-26(22(30)31)11-9-14-5-7-16(27)13-17(14)23/h5-8,12-13,27H,2-4,9-11H2,1H3,(H,24,29)(H,30,31). The van der Waals surface area contributed by atoms with Crippen molar-refractivity contribution in [1.29, 1.82) is 0 Å². The van der Waals surface area contributed by atoms with E-state index in [-0.39, 0.29) is 23.8 Å². The van der Waals surface area contributed by atoms with Crippen molar-refractivity contribution in [3.8, 4) is 5.75 Å². The van der Waals surface area contributed by atoms with E-state index in [0.29, 0.717) is 48.3 Å². The fourth-order valence-electron chi connectivity index (χ4n) is 3.44. The van der Waals surface area contributed by atoms with E-state index >= 15 is 0 Å². The number of carboxylic acid groups (broad SMARTS) is 1. The number of halogens is 1. The summed E-state index contributed by atoms with van der Waals surface area (Å²) in [5, 5.41) is 19.2. The van der Waals surface area contributed by atoms with Crippen LogP contribution < -0.4 is 5.69 Å². The second-order valence-electron chi connectivity index (χ2n) is 7.40. The molecule has 0 saturated carbocycles. The number of aromatic amines is 1. The molecule has 0 aliphatic heterocycles. The fraction of sp³-hybridized carbons (Fsp3) is 0.318. The molecule has 31 heavy (non-hydrogen) atoms. The van der Waals surface area contributed by atoms with E-state index in [4.69, 9.17) is 11.6 Å². The lowest BCUT2D eigenvalue weighted by Gasteiger charge is -2.19. The highest BCUT2D eigenvalue weighted by molar-refractivity contribution is 6.31. The average Bonchev–Trinajstić information content (AvgIpc) is 3.01. The van der Waals surface area contributed by atoms with Gasteiger partial charge in [-0.05, 0) is 55.2 Å². The minimum Gasteiger partial charge on any atom is -0.508 e. The number of imidazole rings is 1. The van der Waals surface area contributed by atoms with Gasteiger partial charge in [0.15, 0.2) is 5.78 Å². The molecule has 1 aromatic heterocycles. The molecular formula is C22H24ClN3O5. The first kappa shape index (κ1) is 22.4. The number of benzene rings is 2. The van der Waals surface area contributed by atoms with Gasteiger partial charge in [-0.25, -0.2) is 9.59 Å². The molecule has 0 fully saturated rings. The second kappa shape index (κ2) is 9.70. The van der Waals surface area contributed by atoms with Crippen LogP contribution in [0.5, 0.6) is 5.75 Å². The molecule has 9 heteroatoms. The van der Waals surface area contributed by atoms with Crippen molar-refractivity contribution in [3.05, 3.63) is 63.0 Å². The number of unbranched alkanes of at least 4 members (excludes halogenated alkanes) is 1. The SMILES string of the molecule is Cn1c(=O)[nH]c2cc(C(=O)CCCCN(CCc3ccc(O)cc3Cl)C(=O)O)ccc21. The fourth-order valence-corrected chi connectivity index (χ4v) is 3.71. The number of ketones is 1. The van der Waals surface area contributed by atoms with Crippen molar-refractivity contribution in [2.75, 3.05) is 13.1 Å². The zero-order valence-electron chi connectivity index (χ0n) is 17.1. The number of aryl methyl sites for hydroxylation is 1. The van der Waals surface area contributed by atoms with Gasteiger partial charge >= 0.3 is 11.8 Å². The quantitative estimate of drug-likeness (QED) is 0.342. The Labute approximate surface area is 183 Å². The van der Waals surface area contributed by atoms with Crippen LogP contribution >= 0.6 is 11.6 Å². The minimum atomic E-state index is -1.03. The molecule has 0 radical (unpaired) electrons. The van der Waals surface area contributed by atoms with Gasteiger partial charge in [-0.3, -0.25) is 9.36 Å². The van der Waals surface area contributed by atoms with E-state index in [0.717, 1.165) is 11.1 Å². The van der Waals surface area contributed by atoms with Crippen LogP contribution in [0.3, 0.4) is 0 Å². The predicted octanol–water partition coefficient (Wildman–Crippen LogP) is 3.80. The molecule has 2 aromatic carbocycles. The Morgan fingerprint density at radius 3 is 2.61 bits per heavy atom. The van der Waals surface area contributed by atoms with Crippen LogP contribution in [0, 0.1) is 0 Å². The normalized spacial score (nSPS) is 11.0. The largest absolute Gasteiger partial charge is 0.508 e. The maximum Gasteiger partial charge on any atom is 0.407 e. The van der Waals surface area contributed by atoms with E-state index in [1.165, 1.54) is 21.6 Å². The van der Waals surface area contributed by atoms with Gasteiger partial charge in [-0.15, -0.1) is 0 Å². The Morgan fingerprint density at radius 2 is 1.90 bits per heavy atom. The van der Waals surface area contributed by atoms with Gasteiger partial charge in [0.2, 0.25) is 0 Å². The monoisotopic (exact) mass is 445 g/mol. The lowest BCUT2D eigenvalue weighted by atomic mass is 10.0. The summed E-state index contributed by atoms with van der Waals surface area (Å²) in [7, 11) is 1.66. The third-order valence-electron chi connectivity index (χ3n) is 5.27. The molecule has 3 aromatic rings. The summed E-state index contributed by atoms with van der Waals surface area (Å²) >= 11 is 6.07. The number of nitrogens with one attached hydrogen (secondary N) is 1. The molecule has 0 aliphatic rings. The van der Waals surface area contributed by atoms with Crippen LogP contribution in [-0.4, -0.2) is 49.6 Å². The highest BCUT2D eigenvalue weighted by Crippen LogP contribution is 2.22. The second-order valence-corrected chi connectivity index (χ2v) is 7.80. The summed E-state index contributed by atoms with van der Waals surface area (Å²) in [4.78, 5) is 39.7. The maximum absolute atomic E-state index is 12.5. The number of carbonyl (C=O) groups is 2. The molecular weight excluding hydrogens is 422 g/mol. The molecule has 1 heterocycles. The Kier molecular flexibility index (Phi) is 7.02. The van der Waals surface area contributed by atoms with Crippen LogP contribution in [0.2, 0.25) is 5.02 Å². The first-order valence-corrected chi connectivity index (χ1v) is 10.3. The first-order chi connectivity index (χ1) is 14.8. The van der Waals surface area contributed by atoms with Crippen molar-refractivity contribution >= 4 is 34.5 Å². The number of amides is 1. The molecule has 164 valence electrons. The lowest BCUT2D eigenvalue weighted by molar-refractivity contribution is 0.0978. The number of H-pyrrole nitrogens is 1. The highest BCUT2D eigenvalue weighted by atomic mass is 35.5. The van der Waals surface area contributed by atoms with Crippen LogP contribution in [-0.2, 0) is 13.5 Å². The zero-order chi connectivity index (χ0) is 22.5. The Morgan fingerprint density at radius 1 is 1.13 bits per heavy atom. The van der Waals surface area contributed by atoms with E-state index in [1.807, 2.05) is 0 Å². The van der Waals surface area contributed by atoms with Crippen molar-refractivity contribution in [3.63, 3.8) is 0 Å². The Balaban J connectivity index is 1.50. The van der Waals surface area contributed by atoms with Crippen LogP contribution in [0.1, 0.15) is 35.2 Å². The average molecular weight is 446 g/mol. The summed E-state index contributed by atoms with van der Waals surface area (Å²) < 4.78 is 1.48. The molecule has 0 aliphatic carbocycles. The van der Waals surface area contributed by atoms with Gasteiger partial charge in [0.25, 0.3) is 0 Å². The first-order valence-electron chi connectivity index (χ1n) is 9.93. The van der Waals surface area contributed by atoms with E-state index in [2.05, 4.69) is 4.98 Å². The summed E-state index contributed by atoms with van der Waals surface area (Å²) in [5.41, 5.74) is 2.39. The van der Waals surface area contributed by atoms with E-state index < -0.39 is 6.09 Å². The van der Waals surface area contributed by atoms with E-state index in [1.54, 1.807) is 31.3 Å². The van der Waals surface area contributed by atoms with Gasteiger partial charge in [-0.2, -0.15) is 0 Å². The predicted molar refractivity (Wildman–Crippen MR) is 118 cm³/mol. The van der Waals surface area contributed by atoms with E-state index in [9.17, 15) is 24.6 Å². The number of aromatic hydroxyl groups is 1. The molecule has 3 rings (SSSR count). The molecule has 0 atom stereocenters. The minimum absolute atomic E-state index is 0.0515. The summed E-state index contributed by atoms with van der Waals surface area (Å²) in [6, 6.07) is 9.72. The number of carbonyl (C=O) groups excluding carboxylic acids is 1. The van der Waals surface area contributed by atoms with Gasteiger partial charge in [0.1, 0.15) is 5.75 Å². The molecule has 0 bridgehead atoms. The molecule has 8 nitrogen and oxygen atoms in total. The number of hydrogen-bond acceptors (Lipinski definition) is 4. The highest BCUT2D eigenvalue weighted by Gasteiger charge is 2.14. The third kappa shape index (κ3) is 5.46. The molecule has 0 spiro atoms. The Hall–Kier alpha value is -3.26. The van der Waals surface area contributed by atoms with Crippen molar-refractivity contribution in [1.82, 2.24) is 14.5 Å². The Bertz CT molecular complexity index is 1170. The lowest BCUT2D eigenvalue weighted by Crippen LogP contribution is -2.32. The van der Waals surface area contributed by atoms with Gasteiger partial charge in [-0.1, -0.05) is 17.7 Å². The molecule has 0 unspecified atom stereocenters. The van der Waals surface area contributed by atoms with Crippen LogP contribution in [0.4, 0.5) is 4.79 Å². The zero-order valence-corrected chi connectivity index (χ0v) is 17.9. The smallest absolute Gasteiger partial charge is 0.407 e. The molecule has 1 amide bonds. The van der Waals surface area contributed by atoms with Crippen LogP contribution in [0.25, 0.3) is 11.0 Å². The third-order valence-corrected chi connectivity index (χ3v) is 5.62. The van der Waals surface area contributed by atoms with Gasteiger partial charge < -0.3 is 20.1 Å². The van der Waals surface area contributed by atoms with Crippen molar-refractivity contribution in [2.24, 2.45) is 7.05 Å². The number of Topliss-reactive ketones (excluding diaryl/α,β-unsaturated/α-hetero) is 1. The summed E-state index contributed by atoms with van der Waals surface area (Å²) in [6.07, 6.45) is 0.789. The van der Waals surface area contributed by atoms with Crippen LogP contribution in [0.15, 0.2) is 41.2 Å². The summed E-state index contributed by atoms with van der Waals surface area (Å²) in [5.74, 6) is 0.00984. The number of fused-ring (bicyclic) bond motifs is 1. The number of hydrogen-bond donors (Lipinski definition) is 3. The number of phenols is 1. The number of rotatable bonds is 9. The summed E-state index contributed by atoms with van der Waals surface area (Å²) in [6.45, 7) is 0.579. The number of phenolic OH excluding ortho intramolecular Hbond substituents is 1. The number of nitrogens with zero attached hydrogens (tertiary/aromatic N) is 2. The topological polar surface area (TPSA) is 116 Å². The number of aromatic nitrogens is 2. The van der Waals surface area contributed by atoms with Gasteiger partial charge in [0, 0.05) is 37.1 Å². The van der Waals surface area contributed by atoms with Crippen molar-refractivity contribution in [2.45, 2.75) is 25.7 Å². The molecule has 0 saturated heterocycles. The van der Waals surface area contributed by atoms with Gasteiger partial charge in [0.05, 0.1) is 11.0 Å².